The standard InChI is InChI=1S/C11H23N3O/c1-5-14(9(2)8-13(3)4)11(15)12-10-6-7-10/h9-10H,5-8H2,1-4H3,(H,12,15). The highest BCUT2D eigenvalue weighted by Gasteiger charge is 2.27. The molecule has 1 unspecified atom stereocenters. The maximum absolute atomic E-state index is 11.8. The zero-order valence-electron chi connectivity index (χ0n) is 10.3. The maximum atomic E-state index is 11.8. The van der Waals surface area contributed by atoms with Crippen molar-refractivity contribution in [3.05, 3.63) is 0 Å². The quantitative estimate of drug-likeness (QED) is 0.743. The molecule has 15 heavy (non-hydrogen) atoms. The zero-order valence-corrected chi connectivity index (χ0v) is 10.3. The van der Waals surface area contributed by atoms with E-state index in [4.69, 9.17) is 0 Å². The number of hydrogen-bond acceptors (Lipinski definition) is 2. The highest BCUT2D eigenvalue weighted by Crippen LogP contribution is 2.19. The fraction of sp³-hybridized carbons (Fsp3) is 0.909. The van der Waals surface area contributed by atoms with E-state index in [1.165, 1.54) is 0 Å². The van der Waals surface area contributed by atoms with Crippen LogP contribution in [0.2, 0.25) is 0 Å². The van der Waals surface area contributed by atoms with Crippen LogP contribution in [-0.4, -0.2) is 55.1 Å². The summed E-state index contributed by atoms with van der Waals surface area (Å²) in [5.41, 5.74) is 0. The Kier molecular flexibility index (Phi) is 4.39. The fourth-order valence-corrected chi connectivity index (χ4v) is 1.77. The van der Waals surface area contributed by atoms with Crippen LogP contribution < -0.4 is 5.32 Å². The van der Waals surface area contributed by atoms with E-state index in [0.29, 0.717) is 6.04 Å². The van der Waals surface area contributed by atoms with Gasteiger partial charge in [-0.25, -0.2) is 4.79 Å². The van der Waals surface area contributed by atoms with Crippen LogP contribution in [0.4, 0.5) is 4.79 Å². The summed E-state index contributed by atoms with van der Waals surface area (Å²) >= 11 is 0. The molecule has 0 aromatic rings. The van der Waals surface area contributed by atoms with Crippen LogP contribution in [0.15, 0.2) is 0 Å². The molecule has 1 aliphatic carbocycles. The van der Waals surface area contributed by atoms with Crippen molar-refractivity contribution in [2.75, 3.05) is 27.2 Å². The first-order valence-corrected chi connectivity index (χ1v) is 5.76. The van der Waals surface area contributed by atoms with Crippen molar-refractivity contribution in [3.8, 4) is 0 Å². The summed E-state index contributed by atoms with van der Waals surface area (Å²) in [4.78, 5) is 15.9. The number of likely N-dealkylation sites (N-methyl/N-ethyl adjacent to an activating group) is 2. The van der Waals surface area contributed by atoms with E-state index in [2.05, 4.69) is 17.1 Å². The molecule has 1 N–H and O–H groups in total. The van der Waals surface area contributed by atoms with E-state index < -0.39 is 0 Å². The first-order chi connectivity index (χ1) is 7.04. The Morgan fingerprint density at radius 3 is 2.47 bits per heavy atom. The Morgan fingerprint density at radius 1 is 1.47 bits per heavy atom. The molecule has 0 radical (unpaired) electrons. The van der Waals surface area contributed by atoms with Gasteiger partial charge in [0.15, 0.2) is 0 Å². The first kappa shape index (κ1) is 12.3. The van der Waals surface area contributed by atoms with Gasteiger partial charge in [0.25, 0.3) is 0 Å². The van der Waals surface area contributed by atoms with Crippen LogP contribution >= 0.6 is 0 Å². The summed E-state index contributed by atoms with van der Waals surface area (Å²) in [6.45, 7) is 5.80. The molecule has 0 heterocycles. The van der Waals surface area contributed by atoms with E-state index in [-0.39, 0.29) is 12.1 Å². The molecular weight excluding hydrogens is 190 g/mol. The average molecular weight is 213 g/mol. The fourth-order valence-electron chi connectivity index (χ4n) is 1.77. The van der Waals surface area contributed by atoms with Gasteiger partial charge in [-0.15, -0.1) is 0 Å². The Balaban J connectivity index is 2.40. The zero-order chi connectivity index (χ0) is 11.4. The summed E-state index contributed by atoms with van der Waals surface area (Å²) < 4.78 is 0. The van der Waals surface area contributed by atoms with Crippen LogP contribution in [-0.2, 0) is 0 Å². The smallest absolute Gasteiger partial charge is 0.317 e. The van der Waals surface area contributed by atoms with E-state index in [1.54, 1.807) is 0 Å². The minimum absolute atomic E-state index is 0.0920. The molecule has 4 heteroatoms. The van der Waals surface area contributed by atoms with Crippen molar-refractivity contribution in [2.45, 2.75) is 38.8 Å². The van der Waals surface area contributed by atoms with Gasteiger partial charge in [0.1, 0.15) is 0 Å². The number of amides is 2. The summed E-state index contributed by atoms with van der Waals surface area (Å²) in [5, 5.41) is 3.03. The van der Waals surface area contributed by atoms with Crippen LogP contribution in [0.25, 0.3) is 0 Å². The van der Waals surface area contributed by atoms with Crippen LogP contribution in [0.3, 0.4) is 0 Å². The predicted octanol–water partition coefficient (Wildman–Crippen LogP) is 1.13. The minimum Gasteiger partial charge on any atom is -0.335 e. The largest absolute Gasteiger partial charge is 0.335 e. The number of urea groups is 1. The van der Waals surface area contributed by atoms with Crippen LogP contribution in [0, 0.1) is 0 Å². The lowest BCUT2D eigenvalue weighted by molar-refractivity contribution is 0.168. The molecule has 2 amide bonds. The lowest BCUT2D eigenvalue weighted by atomic mass is 10.3. The van der Waals surface area contributed by atoms with E-state index >= 15 is 0 Å². The minimum atomic E-state index is 0.0920. The molecule has 4 nitrogen and oxygen atoms in total. The molecule has 1 rings (SSSR count). The van der Waals surface area contributed by atoms with Crippen molar-refractivity contribution in [2.24, 2.45) is 0 Å². The van der Waals surface area contributed by atoms with Gasteiger partial charge in [0.2, 0.25) is 0 Å². The third-order valence-electron chi connectivity index (χ3n) is 2.67. The highest BCUT2D eigenvalue weighted by molar-refractivity contribution is 5.75. The van der Waals surface area contributed by atoms with Gasteiger partial charge in [-0.3, -0.25) is 0 Å². The van der Waals surface area contributed by atoms with Crippen molar-refractivity contribution in [1.82, 2.24) is 15.1 Å². The van der Waals surface area contributed by atoms with Gasteiger partial charge in [-0.05, 0) is 40.8 Å². The monoisotopic (exact) mass is 213 g/mol. The lowest BCUT2D eigenvalue weighted by Crippen LogP contribution is -2.48. The Hall–Kier alpha value is -0.770. The molecule has 1 atom stereocenters. The number of carbonyl (C=O) groups excluding carboxylic acids is 1. The Bertz CT molecular complexity index is 214. The molecule has 1 aliphatic rings. The molecule has 1 fully saturated rings. The second-order valence-corrected chi connectivity index (χ2v) is 4.62. The van der Waals surface area contributed by atoms with E-state index in [9.17, 15) is 4.79 Å². The SMILES string of the molecule is CCN(C(=O)NC1CC1)C(C)CN(C)C. The molecule has 88 valence electrons. The molecule has 0 aromatic carbocycles. The number of nitrogens with one attached hydrogen (secondary N) is 1. The summed E-state index contributed by atoms with van der Waals surface area (Å²) in [7, 11) is 4.06. The number of hydrogen-bond donors (Lipinski definition) is 1. The lowest BCUT2D eigenvalue weighted by Gasteiger charge is -2.30. The second-order valence-electron chi connectivity index (χ2n) is 4.62. The molecule has 0 aliphatic heterocycles. The van der Waals surface area contributed by atoms with Gasteiger partial charge in [0, 0.05) is 25.2 Å². The maximum Gasteiger partial charge on any atom is 0.317 e. The number of rotatable bonds is 5. The highest BCUT2D eigenvalue weighted by atomic mass is 16.2. The summed E-state index contributed by atoms with van der Waals surface area (Å²) in [5.74, 6) is 0. The molecule has 0 bridgehead atoms. The summed E-state index contributed by atoms with van der Waals surface area (Å²) in [6.07, 6.45) is 2.29. The average Bonchev–Trinajstić information content (AvgIpc) is 2.87. The van der Waals surface area contributed by atoms with Crippen LogP contribution in [0.5, 0.6) is 0 Å². The number of carbonyl (C=O) groups is 1. The van der Waals surface area contributed by atoms with Crippen molar-refractivity contribution in [3.63, 3.8) is 0 Å². The number of nitrogens with zero attached hydrogens (tertiary/aromatic N) is 2. The molecule has 0 saturated heterocycles. The van der Waals surface area contributed by atoms with Gasteiger partial charge in [-0.2, -0.15) is 0 Å². The molecule has 0 aromatic heterocycles. The third-order valence-corrected chi connectivity index (χ3v) is 2.67. The van der Waals surface area contributed by atoms with Crippen molar-refractivity contribution >= 4 is 6.03 Å². The summed E-state index contributed by atoms with van der Waals surface area (Å²) in [6, 6.07) is 0.802. The van der Waals surface area contributed by atoms with Gasteiger partial charge >= 0.3 is 6.03 Å². The molecule has 1 saturated carbocycles. The molecular formula is C11H23N3O. The molecule has 0 spiro atoms. The Labute approximate surface area is 92.6 Å². The van der Waals surface area contributed by atoms with Gasteiger partial charge < -0.3 is 15.1 Å². The van der Waals surface area contributed by atoms with Crippen LogP contribution in [0.1, 0.15) is 26.7 Å². The second kappa shape index (κ2) is 5.35. The third kappa shape index (κ3) is 4.08. The normalized spacial score (nSPS) is 17.7. The van der Waals surface area contributed by atoms with Gasteiger partial charge in [0.05, 0.1) is 0 Å². The van der Waals surface area contributed by atoms with Gasteiger partial charge in [-0.1, -0.05) is 0 Å². The van der Waals surface area contributed by atoms with Crippen molar-refractivity contribution < 1.29 is 4.79 Å². The van der Waals surface area contributed by atoms with Crippen molar-refractivity contribution in [1.29, 1.82) is 0 Å². The predicted molar refractivity (Wildman–Crippen MR) is 61.9 cm³/mol. The van der Waals surface area contributed by atoms with E-state index in [1.807, 2.05) is 25.9 Å². The Morgan fingerprint density at radius 2 is 2.07 bits per heavy atom. The first-order valence-electron chi connectivity index (χ1n) is 5.76. The van der Waals surface area contributed by atoms with E-state index in [0.717, 1.165) is 25.9 Å². The topological polar surface area (TPSA) is 35.6 Å².